The van der Waals surface area contributed by atoms with Crippen LogP contribution in [0.1, 0.15) is 75.7 Å². The molecule has 0 amide bonds. The SMILES string of the molecule is NCc1ccc(C2CCCCN2Cc2ccccc2)cc1C(c1ccc(OCc2ccccc2)cc1)c1ccc(OCc2ccccc2)cc1. The second-order valence-electron chi connectivity index (χ2n) is 13.2. The summed E-state index contributed by atoms with van der Waals surface area (Å²) in [5, 5.41) is 0. The normalized spacial score (nSPS) is 14.8. The molecule has 1 aliphatic rings. The summed E-state index contributed by atoms with van der Waals surface area (Å²) in [4.78, 5) is 2.66. The summed E-state index contributed by atoms with van der Waals surface area (Å²) in [6.45, 7) is 3.60. The van der Waals surface area contributed by atoms with Gasteiger partial charge >= 0.3 is 0 Å². The average Bonchev–Trinajstić information content (AvgIpc) is 3.19. The van der Waals surface area contributed by atoms with E-state index in [1.165, 1.54) is 40.7 Å². The van der Waals surface area contributed by atoms with Crippen molar-refractivity contribution in [3.05, 3.63) is 202 Å². The van der Waals surface area contributed by atoms with Gasteiger partial charge in [0.1, 0.15) is 24.7 Å². The van der Waals surface area contributed by atoms with Crippen molar-refractivity contribution >= 4 is 0 Å². The van der Waals surface area contributed by atoms with Crippen LogP contribution in [0, 0.1) is 0 Å². The monoisotopic (exact) mass is 658 g/mol. The standard InChI is InChI=1S/C46H46N2O2/c47-31-41-20-19-40(45-18-10-11-29-48(45)32-35-12-4-1-5-13-35)30-44(41)46(38-21-25-42(26-22-38)49-33-36-14-6-2-7-15-36)39-23-27-43(28-24-39)50-34-37-16-8-3-9-17-37/h1-9,12-17,19-28,30,45-46H,10-11,18,29,31-34,47H2. The molecule has 2 N–H and O–H groups in total. The molecule has 0 saturated carbocycles. The van der Waals surface area contributed by atoms with Crippen LogP contribution in [0.3, 0.4) is 0 Å². The highest BCUT2D eigenvalue weighted by Crippen LogP contribution is 2.39. The topological polar surface area (TPSA) is 47.7 Å². The van der Waals surface area contributed by atoms with E-state index < -0.39 is 0 Å². The first-order valence-corrected chi connectivity index (χ1v) is 17.9. The van der Waals surface area contributed by atoms with Gasteiger partial charge < -0.3 is 15.2 Å². The lowest BCUT2D eigenvalue weighted by molar-refractivity contribution is 0.140. The number of benzene rings is 6. The van der Waals surface area contributed by atoms with E-state index in [9.17, 15) is 0 Å². The third kappa shape index (κ3) is 8.34. The molecule has 6 aromatic carbocycles. The smallest absolute Gasteiger partial charge is 0.119 e. The van der Waals surface area contributed by atoms with Gasteiger partial charge in [-0.15, -0.1) is 0 Å². The van der Waals surface area contributed by atoms with Crippen molar-refractivity contribution in [2.75, 3.05) is 6.54 Å². The van der Waals surface area contributed by atoms with Gasteiger partial charge in [-0.2, -0.15) is 0 Å². The van der Waals surface area contributed by atoms with Crippen LogP contribution < -0.4 is 15.2 Å². The highest BCUT2D eigenvalue weighted by molar-refractivity contribution is 5.50. The van der Waals surface area contributed by atoms with Gasteiger partial charge in [0, 0.05) is 25.0 Å². The van der Waals surface area contributed by atoms with Crippen LogP contribution in [-0.2, 0) is 26.3 Å². The minimum Gasteiger partial charge on any atom is -0.489 e. The molecule has 1 fully saturated rings. The Morgan fingerprint density at radius 3 is 1.62 bits per heavy atom. The Labute approximate surface area is 297 Å². The first-order chi connectivity index (χ1) is 24.7. The maximum atomic E-state index is 6.49. The van der Waals surface area contributed by atoms with Crippen LogP contribution in [0.2, 0.25) is 0 Å². The van der Waals surface area contributed by atoms with Gasteiger partial charge in [0.05, 0.1) is 0 Å². The second kappa shape index (κ2) is 16.5. The molecule has 1 saturated heterocycles. The van der Waals surface area contributed by atoms with Crippen LogP contribution in [0.25, 0.3) is 0 Å². The van der Waals surface area contributed by atoms with Crippen molar-refractivity contribution in [3.63, 3.8) is 0 Å². The second-order valence-corrected chi connectivity index (χ2v) is 13.2. The number of nitrogens with zero attached hydrogens (tertiary/aromatic N) is 1. The Kier molecular flexibility index (Phi) is 11.0. The van der Waals surface area contributed by atoms with Crippen molar-refractivity contribution in [1.82, 2.24) is 4.90 Å². The Hall–Kier alpha value is -5.16. The summed E-state index contributed by atoms with van der Waals surface area (Å²) >= 11 is 0. The van der Waals surface area contributed by atoms with Gasteiger partial charge in [0.2, 0.25) is 0 Å². The van der Waals surface area contributed by atoms with E-state index in [4.69, 9.17) is 15.2 Å². The number of ether oxygens (including phenoxy) is 2. The fourth-order valence-electron chi connectivity index (χ4n) is 7.20. The first kappa shape index (κ1) is 33.3. The zero-order chi connectivity index (χ0) is 34.0. The third-order valence-electron chi connectivity index (χ3n) is 9.85. The minimum absolute atomic E-state index is 0.00832. The third-order valence-corrected chi connectivity index (χ3v) is 9.85. The molecule has 4 heteroatoms. The fourth-order valence-corrected chi connectivity index (χ4v) is 7.20. The van der Waals surface area contributed by atoms with Gasteiger partial charge in [-0.25, -0.2) is 0 Å². The molecule has 4 nitrogen and oxygen atoms in total. The summed E-state index contributed by atoms with van der Waals surface area (Å²) in [5.74, 6) is 1.70. The van der Waals surface area contributed by atoms with Crippen molar-refractivity contribution in [2.24, 2.45) is 5.73 Å². The maximum Gasteiger partial charge on any atom is 0.119 e. The first-order valence-electron chi connectivity index (χ1n) is 17.9. The molecule has 0 radical (unpaired) electrons. The number of piperidine rings is 1. The number of likely N-dealkylation sites (tertiary alicyclic amines) is 1. The van der Waals surface area contributed by atoms with Crippen molar-refractivity contribution < 1.29 is 9.47 Å². The lowest BCUT2D eigenvalue weighted by atomic mass is 9.81. The summed E-state index contributed by atoms with van der Waals surface area (Å²) in [5.41, 5.74) is 16.3. The molecule has 6 aromatic rings. The van der Waals surface area contributed by atoms with E-state index in [2.05, 4.69) is 126 Å². The van der Waals surface area contributed by atoms with Crippen LogP contribution in [-0.4, -0.2) is 11.4 Å². The lowest BCUT2D eigenvalue weighted by Crippen LogP contribution is -2.33. The summed E-state index contributed by atoms with van der Waals surface area (Å²) in [6.07, 6.45) is 3.62. The molecule has 1 heterocycles. The average molecular weight is 659 g/mol. The van der Waals surface area contributed by atoms with E-state index in [0.29, 0.717) is 25.8 Å². The van der Waals surface area contributed by atoms with Crippen LogP contribution in [0.5, 0.6) is 11.5 Å². The molecule has 1 unspecified atom stereocenters. The molecule has 1 aliphatic heterocycles. The molecule has 50 heavy (non-hydrogen) atoms. The fraction of sp³-hybridized carbons (Fsp3) is 0.217. The molecule has 0 bridgehead atoms. The number of hydrogen-bond acceptors (Lipinski definition) is 4. The van der Waals surface area contributed by atoms with E-state index in [0.717, 1.165) is 47.7 Å². The van der Waals surface area contributed by atoms with Crippen LogP contribution in [0.15, 0.2) is 158 Å². The van der Waals surface area contributed by atoms with Crippen molar-refractivity contribution in [2.45, 2.75) is 57.5 Å². The molecule has 252 valence electrons. The van der Waals surface area contributed by atoms with E-state index in [1.807, 2.05) is 36.4 Å². The molecule has 1 atom stereocenters. The van der Waals surface area contributed by atoms with Crippen molar-refractivity contribution in [3.8, 4) is 11.5 Å². The van der Waals surface area contributed by atoms with Gasteiger partial charge in [-0.05, 0) is 88.2 Å². The lowest BCUT2D eigenvalue weighted by Gasteiger charge is -2.37. The van der Waals surface area contributed by atoms with Gasteiger partial charge in [0.25, 0.3) is 0 Å². The quantitative estimate of drug-likeness (QED) is 0.126. The van der Waals surface area contributed by atoms with E-state index in [-0.39, 0.29) is 5.92 Å². The summed E-state index contributed by atoms with van der Waals surface area (Å²) < 4.78 is 12.4. The zero-order valence-electron chi connectivity index (χ0n) is 28.7. The number of nitrogens with two attached hydrogens (primary N) is 1. The Morgan fingerprint density at radius 1 is 0.580 bits per heavy atom. The Morgan fingerprint density at radius 2 is 1.10 bits per heavy atom. The Balaban J connectivity index is 1.21. The molecular formula is C46H46N2O2. The minimum atomic E-state index is -0.00832. The summed E-state index contributed by atoms with van der Waals surface area (Å²) in [6, 6.07) is 56.0. The van der Waals surface area contributed by atoms with Crippen LogP contribution >= 0.6 is 0 Å². The summed E-state index contributed by atoms with van der Waals surface area (Å²) in [7, 11) is 0. The molecule has 7 rings (SSSR count). The molecule has 0 aliphatic carbocycles. The van der Waals surface area contributed by atoms with E-state index >= 15 is 0 Å². The maximum absolute atomic E-state index is 6.49. The van der Waals surface area contributed by atoms with E-state index in [1.54, 1.807) is 0 Å². The van der Waals surface area contributed by atoms with Gasteiger partial charge in [-0.3, -0.25) is 4.90 Å². The number of rotatable bonds is 13. The number of hydrogen-bond donors (Lipinski definition) is 1. The van der Waals surface area contributed by atoms with Crippen LogP contribution in [0.4, 0.5) is 0 Å². The predicted octanol–water partition coefficient (Wildman–Crippen LogP) is 10.2. The molecule has 0 spiro atoms. The molecular weight excluding hydrogens is 613 g/mol. The van der Waals surface area contributed by atoms with Gasteiger partial charge in [-0.1, -0.05) is 140 Å². The largest absolute Gasteiger partial charge is 0.489 e. The predicted molar refractivity (Wildman–Crippen MR) is 203 cm³/mol. The highest BCUT2D eigenvalue weighted by Gasteiger charge is 2.27. The van der Waals surface area contributed by atoms with Gasteiger partial charge in [0.15, 0.2) is 0 Å². The van der Waals surface area contributed by atoms with Crippen molar-refractivity contribution in [1.29, 1.82) is 0 Å². The highest BCUT2D eigenvalue weighted by atomic mass is 16.5. The Bertz CT molecular complexity index is 1820. The molecule has 0 aromatic heterocycles. The zero-order valence-corrected chi connectivity index (χ0v) is 28.7.